The first-order valence-electron chi connectivity index (χ1n) is 15.4. The first-order chi connectivity index (χ1) is 20.1. The number of hydrogen-bond acceptors (Lipinski definition) is 4. The minimum absolute atomic E-state index is 0. The molecule has 236 valence electrons. The number of benzene rings is 1. The van der Waals surface area contributed by atoms with Crippen molar-refractivity contribution in [1.82, 2.24) is 29.4 Å². The van der Waals surface area contributed by atoms with E-state index in [9.17, 15) is 22.8 Å². The Kier molecular flexibility index (Phi) is 9.32. The maximum Gasteiger partial charge on any atom is 0.416 e. The van der Waals surface area contributed by atoms with Crippen molar-refractivity contribution in [1.29, 1.82) is 0 Å². The fourth-order valence-electron chi connectivity index (χ4n) is 7.20. The highest BCUT2D eigenvalue weighted by Gasteiger charge is 2.42. The van der Waals surface area contributed by atoms with E-state index >= 15 is 0 Å². The van der Waals surface area contributed by atoms with Gasteiger partial charge in [-0.1, -0.05) is 18.2 Å². The maximum atomic E-state index is 14.0. The molecule has 1 unspecified atom stereocenters. The van der Waals surface area contributed by atoms with Crippen LogP contribution in [0.4, 0.5) is 18.0 Å². The lowest BCUT2D eigenvalue weighted by atomic mass is 9.97. The number of carbonyl (C=O) groups is 2. The number of urea groups is 1. The van der Waals surface area contributed by atoms with E-state index < -0.39 is 17.8 Å². The molecule has 0 N–H and O–H groups in total. The van der Waals surface area contributed by atoms with E-state index in [0.29, 0.717) is 44.1 Å². The Bertz CT molecular complexity index is 1300. The Morgan fingerprint density at radius 2 is 1.51 bits per heavy atom. The van der Waals surface area contributed by atoms with Gasteiger partial charge in [0, 0.05) is 44.7 Å². The summed E-state index contributed by atoms with van der Waals surface area (Å²) in [6.45, 7) is 3.28. The van der Waals surface area contributed by atoms with Crippen LogP contribution in [-0.2, 0) is 6.18 Å². The number of aromatic nitrogens is 2. The van der Waals surface area contributed by atoms with Gasteiger partial charge in [-0.05, 0) is 77.1 Å². The van der Waals surface area contributed by atoms with Gasteiger partial charge in [0.25, 0.3) is 5.91 Å². The molecule has 1 saturated carbocycles. The second kappa shape index (κ2) is 12.7. The van der Waals surface area contributed by atoms with Crippen molar-refractivity contribution in [2.45, 2.75) is 81.6 Å². The highest BCUT2D eigenvalue weighted by molar-refractivity contribution is 5.96. The van der Waals surface area contributed by atoms with Gasteiger partial charge in [0.1, 0.15) is 0 Å². The predicted octanol–water partition coefficient (Wildman–Crippen LogP) is 5.96. The summed E-state index contributed by atoms with van der Waals surface area (Å²) in [5.41, 5.74) is 0.942. The van der Waals surface area contributed by atoms with E-state index in [1.165, 1.54) is 12.1 Å². The van der Waals surface area contributed by atoms with Gasteiger partial charge in [0.05, 0.1) is 35.1 Å². The Balaban J connectivity index is 0.00000368. The van der Waals surface area contributed by atoms with Crippen LogP contribution in [-0.4, -0.2) is 94.2 Å². The number of carbonyl (C=O) groups excluding carboxylic acids is 2. The normalized spacial score (nSPS) is 22.3. The third-order valence-electron chi connectivity index (χ3n) is 9.71. The molecule has 0 spiro atoms. The maximum absolute atomic E-state index is 14.0. The monoisotopic (exact) mass is 622 g/mol. The van der Waals surface area contributed by atoms with Crippen LogP contribution >= 0.6 is 12.4 Å². The van der Waals surface area contributed by atoms with Gasteiger partial charge in [-0.25, -0.2) is 4.79 Å². The number of likely N-dealkylation sites (tertiary alicyclic amines) is 3. The van der Waals surface area contributed by atoms with Gasteiger partial charge >= 0.3 is 12.2 Å². The Morgan fingerprint density at radius 1 is 0.884 bits per heavy atom. The highest BCUT2D eigenvalue weighted by Crippen LogP contribution is 2.45. The SMILES string of the molecule is CN(C)C1CCN(C(=O)N2CCC(n3ncc(C(=O)N4CCCC4c4ccccc4C(F)(F)F)c3C3CC3)CC2)CC1.Cl. The summed E-state index contributed by atoms with van der Waals surface area (Å²) in [7, 11) is 4.18. The van der Waals surface area contributed by atoms with Crippen LogP contribution in [0.5, 0.6) is 0 Å². The Labute approximate surface area is 257 Å². The van der Waals surface area contributed by atoms with E-state index in [2.05, 4.69) is 19.0 Å². The minimum atomic E-state index is -4.48. The van der Waals surface area contributed by atoms with Crippen molar-refractivity contribution >= 4 is 24.3 Å². The number of rotatable bonds is 5. The third kappa shape index (κ3) is 6.38. The second-order valence-corrected chi connectivity index (χ2v) is 12.6. The summed E-state index contributed by atoms with van der Waals surface area (Å²) in [5.74, 6) is 0.0176. The zero-order chi connectivity index (χ0) is 29.6. The molecule has 1 aliphatic carbocycles. The predicted molar refractivity (Wildman–Crippen MR) is 159 cm³/mol. The van der Waals surface area contributed by atoms with E-state index in [-0.39, 0.29) is 41.9 Å². The smallest absolute Gasteiger partial charge is 0.331 e. The minimum Gasteiger partial charge on any atom is -0.331 e. The van der Waals surface area contributed by atoms with Gasteiger partial charge in [-0.15, -0.1) is 12.4 Å². The zero-order valence-corrected chi connectivity index (χ0v) is 25.7. The van der Waals surface area contributed by atoms with Gasteiger partial charge in [0.2, 0.25) is 0 Å². The standard InChI is InChI=1S/C31H41F3N6O2.ClH/c1-36(2)22-11-16-37(17-12-22)30(42)38-18-13-23(14-19-38)40-28(21-9-10-21)25(20-35-40)29(41)39-15-5-8-27(39)24-6-3-4-7-26(24)31(32,33)34;/h3-4,6-7,20-23,27H,5,8-19H2,1-2H3;1H. The summed E-state index contributed by atoms with van der Waals surface area (Å²) >= 11 is 0. The molecule has 3 aliphatic heterocycles. The van der Waals surface area contributed by atoms with Gasteiger partial charge in [-0.2, -0.15) is 18.3 Å². The molecular weight excluding hydrogens is 581 g/mol. The van der Waals surface area contributed by atoms with Crippen molar-refractivity contribution in [3.63, 3.8) is 0 Å². The molecule has 0 bridgehead atoms. The molecule has 8 nitrogen and oxygen atoms in total. The van der Waals surface area contributed by atoms with E-state index in [4.69, 9.17) is 5.10 Å². The first-order valence-corrected chi connectivity index (χ1v) is 15.4. The van der Waals surface area contributed by atoms with Gasteiger partial charge < -0.3 is 19.6 Å². The molecule has 3 saturated heterocycles. The van der Waals surface area contributed by atoms with Crippen molar-refractivity contribution in [2.24, 2.45) is 0 Å². The number of nitrogens with zero attached hydrogens (tertiary/aromatic N) is 6. The van der Waals surface area contributed by atoms with Crippen LogP contribution in [0.15, 0.2) is 30.5 Å². The average molecular weight is 623 g/mol. The van der Waals surface area contributed by atoms with Crippen LogP contribution < -0.4 is 0 Å². The first kappa shape index (κ1) is 31.6. The van der Waals surface area contributed by atoms with Crippen LogP contribution in [0.1, 0.15) is 96.5 Å². The van der Waals surface area contributed by atoms with Crippen LogP contribution in [0, 0.1) is 0 Å². The summed E-state index contributed by atoms with van der Waals surface area (Å²) in [6.07, 6.45) is 3.79. The summed E-state index contributed by atoms with van der Waals surface area (Å²) < 4.78 is 43.5. The lowest BCUT2D eigenvalue weighted by Crippen LogP contribution is -2.51. The fraction of sp³-hybridized carbons (Fsp3) is 0.645. The molecule has 1 aromatic heterocycles. The van der Waals surface area contributed by atoms with E-state index in [1.54, 1.807) is 17.2 Å². The van der Waals surface area contributed by atoms with Crippen LogP contribution in [0.2, 0.25) is 0 Å². The molecule has 4 fully saturated rings. The molecule has 0 radical (unpaired) electrons. The van der Waals surface area contributed by atoms with Crippen molar-refractivity contribution < 1.29 is 22.8 Å². The summed E-state index contributed by atoms with van der Waals surface area (Å²) in [4.78, 5) is 35.0. The molecule has 1 aromatic carbocycles. The summed E-state index contributed by atoms with van der Waals surface area (Å²) in [5, 5.41) is 4.70. The average Bonchev–Trinajstić information content (AvgIpc) is 3.53. The molecule has 6 rings (SSSR count). The van der Waals surface area contributed by atoms with Crippen molar-refractivity contribution in [2.75, 3.05) is 46.8 Å². The van der Waals surface area contributed by atoms with Crippen LogP contribution in [0.25, 0.3) is 0 Å². The Hall–Kier alpha value is -2.79. The van der Waals surface area contributed by atoms with E-state index in [0.717, 1.165) is 63.4 Å². The molecule has 4 heterocycles. The number of alkyl halides is 3. The summed E-state index contributed by atoms with van der Waals surface area (Å²) in [6, 6.07) is 5.73. The third-order valence-corrected chi connectivity index (χ3v) is 9.71. The molecule has 4 aliphatic rings. The molecular formula is C31H42ClF3N6O2. The second-order valence-electron chi connectivity index (χ2n) is 12.6. The molecule has 12 heteroatoms. The number of piperidine rings is 2. The van der Waals surface area contributed by atoms with Crippen molar-refractivity contribution in [3.05, 3.63) is 52.8 Å². The van der Waals surface area contributed by atoms with E-state index in [1.807, 2.05) is 14.5 Å². The molecule has 2 aromatic rings. The molecule has 3 amide bonds. The number of hydrogen-bond donors (Lipinski definition) is 0. The topological polar surface area (TPSA) is 64.9 Å². The largest absolute Gasteiger partial charge is 0.416 e. The quantitative estimate of drug-likeness (QED) is 0.413. The van der Waals surface area contributed by atoms with Crippen molar-refractivity contribution in [3.8, 4) is 0 Å². The fourth-order valence-corrected chi connectivity index (χ4v) is 7.20. The van der Waals surface area contributed by atoms with Crippen LogP contribution in [0.3, 0.4) is 0 Å². The molecule has 43 heavy (non-hydrogen) atoms. The lowest BCUT2D eigenvalue weighted by Gasteiger charge is -2.40. The highest BCUT2D eigenvalue weighted by atomic mass is 35.5. The Morgan fingerprint density at radius 3 is 2.12 bits per heavy atom. The zero-order valence-electron chi connectivity index (χ0n) is 24.9. The van der Waals surface area contributed by atoms with Gasteiger partial charge in [0.15, 0.2) is 0 Å². The lowest BCUT2D eigenvalue weighted by molar-refractivity contribution is -0.138. The molecule has 1 atom stereocenters. The number of halogens is 4. The number of amides is 3. The van der Waals surface area contributed by atoms with Gasteiger partial charge in [-0.3, -0.25) is 9.48 Å².